The zero-order chi connectivity index (χ0) is 10.6. The molecule has 0 unspecified atom stereocenters. The van der Waals surface area contributed by atoms with Gasteiger partial charge in [0.15, 0.2) is 0 Å². The number of benzene rings is 1. The SMILES string of the molecule is COc1cc(C)c(C=CC#N)c(C)c1. The number of hydrogen-bond donors (Lipinski definition) is 0. The van der Waals surface area contributed by atoms with Crippen molar-refractivity contribution in [2.24, 2.45) is 0 Å². The van der Waals surface area contributed by atoms with E-state index in [1.54, 1.807) is 7.11 Å². The minimum absolute atomic E-state index is 0.856. The molecule has 0 heterocycles. The van der Waals surface area contributed by atoms with Gasteiger partial charge in [-0.05, 0) is 48.7 Å². The normalized spacial score (nSPS) is 10.1. The van der Waals surface area contributed by atoms with Crippen LogP contribution < -0.4 is 4.74 Å². The average Bonchev–Trinajstić information content (AvgIpc) is 2.16. The zero-order valence-corrected chi connectivity index (χ0v) is 8.66. The van der Waals surface area contributed by atoms with Crippen molar-refractivity contribution < 1.29 is 4.74 Å². The van der Waals surface area contributed by atoms with E-state index in [9.17, 15) is 0 Å². The summed E-state index contributed by atoms with van der Waals surface area (Å²) in [5.74, 6) is 0.856. The van der Waals surface area contributed by atoms with E-state index in [0.717, 1.165) is 22.4 Å². The smallest absolute Gasteiger partial charge is 0.119 e. The van der Waals surface area contributed by atoms with Gasteiger partial charge >= 0.3 is 0 Å². The number of methoxy groups -OCH3 is 1. The topological polar surface area (TPSA) is 33.0 Å². The molecule has 0 aromatic heterocycles. The molecule has 72 valence electrons. The Kier molecular flexibility index (Phi) is 3.30. The molecule has 0 spiro atoms. The van der Waals surface area contributed by atoms with Gasteiger partial charge in [-0.3, -0.25) is 0 Å². The van der Waals surface area contributed by atoms with Crippen molar-refractivity contribution in [2.75, 3.05) is 7.11 Å². The summed E-state index contributed by atoms with van der Waals surface area (Å²) in [6, 6.07) is 5.91. The third-order valence-electron chi connectivity index (χ3n) is 2.13. The van der Waals surface area contributed by atoms with Gasteiger partial charge in [0, 0.05) is 6.08 Å². The number of allylic oxidation sites excluding steroid dienone is 1. The Balaban J connectivity index is 3.19. The first-order valence-corrected chi connectivity index (χ1v) is 4.40. The van der Waals surface area contributed by atoms with Crippen LogP contribution in [0.1, 0.15) is 16.7 Å². The summed E-state index contributed by atoms with van der Waals surface area (Å²) in [6.07, 6.45) is 3.31. The lowest BCUT2D eigenvalue weighted by molar-refractivity contribution is 0.414. The van der Waals surface area contributed by atoms with E-state index in [-0.39, 0.29) is 0 Å². The molecular weight excluding hydrogens is 174 g/mol. The molecule has 0 bridgehead atoms. The first-order valence-electron chi connectivity index (χ1n) is 4.40. The molecule has 0 atom stereocenters. The number of hydrogen-bond acceptors (Lipinski definition) is 2. The summed E-state index contributed by atoms with van der Waals surface area (Å²) in [4.78, 5) is 0. The predicted molar refractivity (Wildman–Crippen MR) is 57.1 cm³/mol. The van der Waals surface area contributed by atoms with Gasteiger partial charge in [0.05, 0.1) is 13.2 Å². The van der Waals surface area contributed by atoms with Crippen molar-refractivity contribution in [3.05, 3.63) is 34.9 Å². The monoisotopic (exact) mass is 187 g/mol. The predicted octanol–water partition coefficient (Wildman–Crippen LogP) is 2.85. The van der Waals surface area contributed by atoms with Crippen molar-refractivity contribution in [2.45, 2.75) is 13.8 Å². The zero-order valence-electron chi connectivity index (χ0n) is 8.66. The van der Waals surface area contributed by atoms with Crippen LogP contribution in [0.25, 0.3) is 6.08 Å². The highest BCUT2D eigenvalue weighted by molar-refractivity contribution is 5.60. The standard InChI is InChI=1S/C12H13NO/c1-9-7-11(14-3)8-10(2)12(9)5-4-6-13/h4-5,7-8H,1-3H3. The maximum absolute atomic E-state index is 8.45. The molecule has 0 saturated heterocycles. The third-order valence-corrected chi connectivity index (χ3v) is 2.13. The molecule has 0 amide bonds. The molecule has 2 heteroatoms. The van der Waals surface area contributed by atoms with E-state index in [1.807, 2.05) is 38.1 Å². The molecule has 0 radical (unpaired) electrons. The Labute approximate surface area is 84.4 Å². The Morgan fingerprint density at radius 2 is 1.86 bits per heavy atom. The molecule has 1 aromatic carbocycles. The number of nitriles is 1. The fraction of sp³-hybridized carbons (Fsp3) is 0.250. The van der Waals surface area contributed by atoms with Crippen LogP contribution in [0.5, 0.6) is 5.75 Å². The Morgan fingerprint density at radius 1 is 1.29 bits per heavy atom. The van der Waals surface area contributed by atoms with Crippen LogP contribution in [-0.2, 0) is 0 Å². The third kappa shape index (κ3) is 2.14. The van der Waals surface area contributed by atoms with Gasteiger partial charge in [-0.1, -0.05) is 0 Å². The van der Waals surface area contributed by atoms with Gasteiger partial charge < -0.3 is 4.74 Å². The largest absolute Gasteiger partial charge is 0.497 e. The van der Waals surface area contributed by atoms with Crippen molar-refractivity contribution in [3.63, 3.8) is 0 Å². The van der Waals surface area contributed by atoms with Crippen molar-refractivity contribution in [3.8, 4) is 11.8 Å². The molecule has 0 aliphatic carbocycles. The summed E-state index contributed by atoms with van der Waals surface area (Å²) in [6.45, 7) is 4.01. The number of aryl methyl sites for hydroxylation is 2. The molecule has 2 nitrogen and oxygen atoms in total. The highest BCUT2D eigenvalue weighted by Gasteiger charge is 2.01. The fourth-order valence-electron chi connectivity index (χ4n) is 1.44. The minimum atomic E-state index is 0.856. The van der Waals surface area contributed by atoms with Crippen LogP contribution in [0.2, 0.25) is 0 Å². The maximum atomic E-state index is 8.45. The average molecular weight is 187 g/mol. The van der Waals surface area contributed by atoms with Gasteiger partial charge in [0.25, 0.3) is 0 Å². The van der Waals surface area contributed by atoms with E-state index in [1.165, 1.54) is 6.08 Å². The molecule has 0 aliphatic rings. The molecule has 1 rings (SSSR count). The van der Waals surface area contributed by atoms with Crippen LogP contribution >= 0.6 is 0 Å². The minimum Gasteiger partial charge on any atom is -0.497 e. The van der Waals surface area contributed by atoms with Crippen molar-refractivity contribution in [1.82, 2.24) is 0 Å². The lowest BCUT2D eigenvalue weighted by Crippen LogP contribution is -1.90. The first kappa shape index (κ1) is 10.3. The highest BCUT2D eigenvalue weighted by atomic mass is 16.5. The summed E-state index contributed by atoms with van der Waals surface area (Å²) in [5, 5.41) is 8.45. The maximum Gasteiger partial charge on any atom is 0.119 e. The fourth-order valence-corrected chi connectivity index (χ4v) is 1.44. The van der Waals surface area contributed by atoms with Crippen LogP contribution in [0, 0.1) is 25.2 Å². The van der Waals surface area contributed by atoms with E-state index >= 15 is 0 Å². The summed E-state index contributed by atoms with van der Waals surface area (Å²) in [5.41, 5.74) is 3.33. The Hall–Kier alpha value is -1.75. The quantitative estimate of drug-likeness (QED) is 0.667. The molecule has 14 heavy (non-hydrogen) atoms. The van der Waals surface area contributed by atoms with Crippen molar-refractivity contribution >= 4 is 6.08 Å². The lowest BCUT2D eigenvalue weighted by atomic mass is 10.0. The Bertz CT molecular complexity index is 376. The van der Waals surface area contributed by atoms with E-state index in [4.69, 9.17) is 10.00 Å². The van der Waals surface area contributed by atoms with Gasteiger partial charge in [0.2, 0.25) is 0 Å². The number of ether oxygens (including phenoxy) is 1. The molecule has 0 saturated carbocycles. The van der Waals surface area contributed by atoms with Gasteiger partial charge in [-0.2, -0.15) is 5.26 Å². The second-order valence-electron chi connectivity index (χ2n) is 3.14. The number of rotatable bonds is 2. The van der Waals surface area contributed by atoms with Crippen LogP contribution in [0.15, 0.2) is 18.2 Å². The van der Waals surface area contributed by atoms with Crippen molar-refractivity contribution in [1.29, 1.82) is 5.26 Å². The molecular formula is C12H13NO. The molecule has 0 fully saturated rings. The van der Waals surface area contributed by atoms with Crippen LogP contribution in [0.4, 0.5) is 0 Å². The molecule has 0 aliphatic heterocycles. The molecule has 1 aromatic rings. The Morgan fingerprint density at radius 3 is 2.29 bits per heavy atom. The van der Waals surface area contributed by atoms with E-state index in [2.05, 4.69) is 0 Å². The number of nitrogens with zero attached hydrogens (tertiary/aromatic N) is 1. The van der Waals surface area contributed by atoms with Gasteiger partial charge in [0.1, 0.15) is 5.75 Å². The first-order chi connectivity index (χ1) is 6.69. The summed E-state index contributed by atoms with van der Waals surface area (Å²) < 4.78 is 5.15. The van der Waals surface area contributed by atoms with Gasteiger partial charge in [-0.15, -0.1) is 0 Å². The van der Waals surface area contributed by atoms with E-state index < -0.39 is 0 Å². The van der Waals surface area contributed by atoms with Crippen LogP contribution in [-0.4, -0.2) is 7.11 Å². The van der Waals surface area contributed by atoms with Gasteiger partial charge in [-0.25, -0.2) is 0 Å². The lowest BCUT2D eigenvalue weighted by Gasteiger charge is -2.08. The second-order valence-corrected chi connectivity index (χ2v) is 3.14. The van der Waals surface area contributed by atoms with Crippen LogP contribution in [0.3, 0.4) is 0 Å². The summed E-state index contributed by atoms with van der Waals surface area (Å²) >= 11 is 0. The highest BCUT2D eigenvalue weighted by Crippen LogP contribution is 2.22. The molecule has 0 N–H and O–H groups in total. The summed E-state index contributed by atoms with van der Waals surface area (Å²) in [7, 11) is 1.65. The van der Waals surface area contributed by atoms with E-state index in [0.29, 0.717) is 0 Å². The second kappa shape index (κ2) is 4.48.